The summed E-state index contributed by atoms with van der Waals surface area (Å²) in [6.45, 7) is 2.80. The van der Waals surface area contributed by atoms with Crippen LogP contribution in [0.25, 0.3) is 0 Å². The van der Waals surface area contributed by atoms with Crippen LogP contribution in [0.1, 0.15) is 25.3 Å². The van der Waals surface area contributed by atoms with Crippen LogP contribution in [-0.2, 0) is 5.88 Å². The molecule has 0 aliphatic rings. The molecular formula is C10H13Cl2NO. The molecule has 14 heavy (non-hydrogen) atoms. The molecule has 0 N–H and O–H groups in total. The molecule has 0 saturated heterocycles. The number of rotatable bonds is 5. The van der Waals surface area contributed by atoms with Crippen LogP contribution in [0, 0.1) is 0 Å². The van der Waals surface area contributed by atoms with E-state index in [9.17, 15) is 0 Å². The lowest BCUT2D eigenvalue weighted by Crippen LogP contribution is -1.99. The molecule has 1 aromatic rings. The van der Waals surface area contributed by atoms with Gasteiger partial charge in [-0.25, -0.2) is 4.98 Å². The zero-order valence-corrected chi connectivity index (χ0v) is 9.61. The van der Waals surface area contributed by atoms with E-state index in [0.29, 0.717) is 23.4 Å². The minimum atomic E-state index is 0.380. The van der Waals surface area contributed by atoms with E-state index in [2.05, 4.69) is 11.9 Å². The minimum absolute atomic E-state index is 0.380. The van der Waals surface area contributed by atoms with Crippen LogP contribution in [0.3, 0.4) is 0 Å². The molecule has 78 valence electrons. The van der Waals surface area contributed by atoms with E-state index in [0.717, 1.165) is 18.4 Å². The Balaban J connectivity index is 2.60. The molecule has 0 fully saturated rings. The average molecular weight is 234 g/mol. The molecule has 0 radical (unpaired) electrons. The highest BCUT2D eigenvalue weighted by Gasteiger charge is 2.02. The predicted molar refractivity (Wildman–Crippen MR) is 59.2 cm³/mol. The van der Waals surface area contributed by atoms with Crippen molar-refractivity contribution in [3.05, 3.63) is 22.8 Å². The number of aromatic nitrogens is 1. The molecule has 0 spiro atoms. The standard InChI is InChI=1S/C10H13Cl2NO/c1-2-3-4-14-10-5-8(6-11)9(12)7-13-10/h5,7H,2-4,6H2,1H3. The van der Waals surface area contributed by atoms with Gasteiger partial charge < -0.3 is 4.74 Å². The molecule has 1 rings (SSSR count). The molecule has 0 aromatic carbocycles. The quantitative estimate of drug-likeness (QED) is 0.573. The van der Waals surface area contributed by atoms with Gasteiger partial charge in [0.1, 0.15) is 0 Å². The molecule has 0 bridgehead atoms. The summed E-state index contributed by atoms with van der Waals surface area (Å²) < 4.78 is 5.42. The van der Waals surface area contributed by atoms with Gasteiger partial charge in [-0.15, -0.1) is 11.6 Å². The maximum Gasteiger partial charge on any atom is 0.213 e. The van der Waals surface area contributed by atoms with Crippen molar-refractivity contribution in [2.24, 2.45) is 0 Å². The summed E-state index contributed by atoms with van der Waals surface area (Å²) in [6.07, 6.45) is 3.71. The van der Waals surface area contributed by atoms with Crippen LogP contribution < -0.4 is 4.74 Å². The van der Waals surface area contributed by atoms with Crippen LogP contribution >= 0.6 is 23.2 Å². The maximum absolute atomic E-state index is 5.86. The van der Waals surface area contributed by atoms with Gasteiger partial charge in [-0.1, -0.05) is 24.9 Å². The van der Waals surface area contributed by atoms with Gasteiger partial charge in [-0.2, -0.15) is 0 Å². The van der Waals surface area contributed by atoms with E-state index in [1.807, 2.05) is 0 Å². The number of nitrogens with zero attached hydrogens (tertiary/aromatic N) is 1. The molecule has 1 aromatic heterocycles. The lowest BCUT2D eigenvalue weighted by atomic mass is 10.3. The average Bonchev–Trinajstić information content (AvgIpc) is 2.21. The van der Waals surface area contributed by atoms with Crippen LogP contribution in [0.4, 0.5) is 0 Å². The predicted octanol–water partition coefficient (Wildman–Crippen LogP) is 3.65. The first-order valence-corrected chi connectivity index (χ1v) is 5.52. The number of hydrogen-bond acceptors (Lipinski definition) is 2. The third kappa shape index (κ3) is 3.35. The zero-order valence-electron chi connectivity index (χ0n) is 8.09. The lowest BCUT2D eigenvalue weighted by Gasteiger charge is -2.06. The fourth-order valence-corrected chi connectivity index (χ4v) is 1.42. The van der Waals surface area contributed by atoms with Crippen LogP contribution in [-0.4, -0.2) is 11.6 Å². The van der Waals surface area contributed by atoms with E-state index >= 15 is 0 Å². The van der Waals surface area contributed by atoms with E-state index in [4.69, 9.17) is 27.9 Å². The summed E-state index contributed by atoms with van der Waals surface area (Å²) in [7, 11) is 0. The Labute approximate surface area is 94.2 Å². The summed E-state index contributed by atoms with van der Waals surface area (Å²) in [5.74, 6) is 0.976. The Morgan fingerprint density at radius 3 is 2.93 bits per heavy atom. The Morgan fingerprint density at radius 2 is 2.29 bits per heavy atom. The summed E-state index contributed by atoms with van der Waals surface area (Å²) in [5, 5.41) is 0.586. The van der Waals surface area contributed by atoms with Crippen molar-refractivity contribution >= 4 is 23.2 Å². The van der Waals surface area contributed by atoms with Crippen LogP contribution in [0.5, 0.6) is 5.88 Å². The van der Waals surface area contributed by atoms with Crippen molar-refractivity contribution in [3.63, 3.8) is 0 Å². The Hall–Kier alpha value is -0.470. The molecule has 0 atom stereocenters. The first-order valence-electron chi connectivity index (χ1n) is 4.61. The van der Waals surface area contributed by atoms with Crippen molar-refractivity contribution < 1.29 is 4.74 Å². The molecule has 0 amide bonds. The van der Waals surface area contributed by atoms with Gasteiger partial charge in [0.25, 0.3) is 0 Å². The summed E-state index contributed by atoms with van der Waals surface area (Å²) in [4.78, 5) is 4.05. The van der Waals surface area contributed by atoms with Gasteiger partial charge in [-0.05, 0) is 12.0 Å². The number of unbranched alkanes of at least 4 members (excludes halogenated alkanes) is 1. The highest BCUT2D eigenvalue weighted by Crippen LogP contribution is 2.20. The summed E-state index contributed by atoms with van der Waals surface area (Å²) >= 11 is 11.6. The number of hydrogen-bond donors (Lipinski definition) is 0. The monoisotopic (exact) mass is 233 g/mol. The lowest BCUT2D eigenvalue weighted by molar-refractivity contribution is 0.297. The second kappa shape index (κ2) is 6.10. The van der Waals surface area contributed by atoms with Gasteiger partial charge in [0.15, 0.2) is 0 Å². The van der Waals surface area contributed by atoms with E-state index in [1.165, 1.54) is 0 Å². The molecule has 4 heteroatoms. The number of alkyl halides is 1. The smallest absolute Gasteiger partial charge is 0.213 e. The van der Waals surface area contributed by atoms with Gasteiger partial charge in [0, 0.05) is 18.1 Å². The van der Waals surface area contributed by atoms with E-state index < -0.39 is 0 Å². The Bertz CT molecular complexity index is 291. The van der Waals surface area contributed by atoms with Crippen molar-refractivity contribution in [2.45, 2.75) is 25.6 Å². The molecule has 2 nitrogen and oxygen atoms in total. The highest BCUT2D eigenvalue weighted by molar-refractivity contribution is 6.32. The van der Waals surface area contributed by atoms with Gasteiger partial charge in [0.2, 0.25) is 5.88 Å². The van der Waals surface area contributed by atoms with Crippen molar-refractivity contribution in [1.82, 2.24) is 4.98 Å². The SMILES string of the molecule is CCCCOc1cc(CCl)c(Cl)cn1. The zero-order chi connectivity index (χ0) is 10.4. The van der Waals surface area contributed by atoms with Gasteiger partial charge >= 0.3 is 0 Å². The molecule has 1 heterocycles. The molecular weight excluding hydrogens is 221 g/mol. The fourth-order valence-electron chi connectivity index (χ4n) is 0.961. The summed E-state index contributed by atoms with van der Waals surface area (Å²) in [5.41, 5.74) is 0.856. The third-order valence-corrected chi connectivity index (χ3v) is 2.43. The second-order valence-corrected chi connectivity index (χ2v) is 3.62. The number of pyridine rings is 1. The summed E-state index contributed by atoms with van der Waals surface area (Å²) in [6, 6.07) is 1.78. The molecule has 0 aliphatic carbocycles. The van der Waals surface area contributed by atoms with Crippen LogP contribution in [0.15, 0.2) is 12.3 Å². The number of ether oxygens (including phenoxy) is 1. The van der Waals surface area contributed by atoms with Crippen molar-refractivity contribution in [2.75, 3.05) is 6.61 Å². The minimum Gasteiger partial charge on any atom is -0.478 e. The van der Waals surface area contributed by atoms with Crippen molar-refractivity contribution in [1.29, 1.82) is 0 Å². The Morgan fingerprint density at radius 1 is 1.50 bits per heavy atom. The number of halogens is 2. The molecule has 0 unspecified atom stereocenters. The van der Waals surface area contributed by atoms with Crippen LogP contribution in [0.2, 0.25) is 5.02 Å². The second-order valence-electron chi connectivity index (χ2n) is 2.95. The van der Waals surface area contributed by atoms with Gasteiger partial charge in [-0.3, -0.25) is 0 Å². The topological polar surface area (TPSA) is 22.1 Å². The van der Waals surface area contributed by atoms with E-state index in [-0.39, 0.29) is 0 Å². The first-order chi connectivity index (χ1) is 6.77. The molecule has 0 saturated carbocycles. The van der Waals surface area contributed by atoms with E-state index in [1.54, 1.807) is 12.3 Å². The first kappa shape index (κ1) is 11.6. The Kier molecular flexibility index (Phi) is 5.05. The van der Waals surface area contributed by atoms with Gasteiger partial charge in [0.05, 0.1) is 11.6 Å². The largest absolute Gasteiger partial charge is 0.478 e. The highest BCUT2D eigenvalue weighted by atomic mass is 35.5. The molecule has 0 aliphatic heterocycles. The third-order valence-electron chi connectivity index (χ3n) is 1.80. The maximum atomic E-state index is 5.86. The fraction of sp³-hybridized carbons (Fsp3) is 0.500. The van der Waals surface area contributed by atoms with Crippen molar-refractivity contribution in [3.8, 4) is 5.88 Å². The normalized spacial score (nSPS) is 10.2.